The van der Waals surface area contributed by atoms with E-state index in [0.717, 1.165) is 31.4 Å². The van der Waals surface area contributed by atoms with Crippen LogP contribution in [0.1, 0.15) is 25.7 Å². The number of hydrogen-bond acceptors (Lipinski definition) is 4. The first-order valence-corrected chi connectivity index (χ1v) is 6.33. The van der Waals surface area contributed by atoms with Gasteiger partial charge in [0.15, 0.2) is 0 Å². The third-order valence-corrected chi connectivity index (χ3v) is 3.49. The first kappa shape index (κ1) is 12.8. The molecule has 98 valence electrons. The third kappa shape index (κ3) is 3.20. The molecule has 1 aromatic rings. The maximum absolute atomic E-state index is 10.6. The van der Waals surface area contributed by atoms with Crippen molar-refractivity contribution in [3.05, 3.63) is 34.4 Å². The Labute approximate surface area is 106 Å². The van der Waals surface area contributed by atoms with Gasteiger partial charge in [0.25, 0.3) is 5.69 Å². The van der Waals surface area contributed by atoms with Gasteiger partial charge in [0.05, 0.1) is 11.0 Å². The van der Waals surface area contributed by atoms with Crippen LogP contribution >= 0.6 is 0 Å². The number of benzene rings is 1. The maximum Gasteiger partial charge on any atom is 0.271 e. The average Bonchev–Trinajstić information content (AvgIpc) is 2.38. The summed E-state index contributed by atoms with van der Waals surface area (Å²) in [5, 5.41) is 23.7. The van der Waals surface area contributed by atoms with Crippen LogP contribution in [0.2, 0.25) is 0 Å². The first-order valence-electron chi connectivity index (χ1n) is 6.33. The molecule has 2 unspecified atom stereocenters. The molecule has 0 spiro atoms. The Balaban J connectivity index is 1.93. The summed E-state index contributed by atoms with van der Waals surface area (Å²) in [7, 11) is 0. The van der Waals surface area contributed by atoms with Gasteiger partial charge in [0.1, 0.15) is 0 Å². The van der Waals surface area contributed by atoms with Gasteiger partial charge >= 0.3 is 0 Å². The number of non-ortho nitro benzene ring substituents is 1. The van der Waals surface area contributed by atoms with Crippen molar-refractivity contribution in [1.82, 2.24) is 0 Å². The van der Waals surface area contributed by atoms with Crippen molar-refractivity contribution in [2.45, 2.75) is 31.8 Å². The van der Waals surface area contributed by atoms with Gasteiger partial charge in [0.2, 0.25) is 0 Å². The zero-order valence-electron chi connectivity index (χ0n) is 10.2. The summed E-state index contributed by atoms with van der Waals surface area (Å²) in [6, 6.07) is 6.47. The number of nitro benzene ring substituents is 1. The fourth-order valence-electron chi connectivity index (χ4n) is 2.40. The molecule has 1 aliphatic carbocycles. The Hall–Kier alpha value is -1.62. The van der Waals surface area contributed by atoms with Crippen molar-refractivity contribution in [1.29, 1.82) is 0 Å². The molecule has 5 nitrogen and oxygen atoms in total. The molecule has 1 aliphatic rings. The smallest absolute Gasteiger partial charge is 0.271 e. The van der Waals surface area contributed by atoms with Crippen molar-refractivity contribution >= 4 is 11.4 Å². The molecule has 0 amide bonds. The molecular formula is C13H18N2O3. The summed E-state index contributed by atoms with van der Waals surface area (Å²) in [4.78, 5) is 10.2. The highest BCUT2D eigenvalue weighted by Gasteiger charge is 2.22. The van der Waals surface area contributed by atoms with Crippen molar-refractivity contribution in [2.24, 2.45) is 5.92 Å². The molecule has 18 heavy (non-hydrogen) atoms. The van der Waals surface area contributed by atoms with Crippen LogP contribution in [0, 0.1) is 16.0 Å². The Bertz CT molecular complexity index is 422. The Kier molecular flexibility index (Phi) is 4.15. The van der Waals surface area contributed by atoms with E-state index in [-0.39, 0.29) is 17.7 Å². The summed E-state index contributed by atoms with van der Waals surface area (Å²) in [5.74, 6) is 0.248. The molecule has 5 heteroatoms. The van der Waals surface area contributed by atoms with Gasteiger partial charge in [-0.2, -0.15) is 0 Å². The van der Waals surface area contributed by atoms with Gasteiger partial charge in [-0.3, -0.25) is 10.1 Å². The highest BCUT2D eigenvalue weighted by Crippen LogP contribution is 2.25. The minimum atomic E-state index is -0.402. The maximum atomic E-state index is 10.6. The lowest BCUT2D eigenvalue weighted by Gasteiger charge is -2.27. The molecule has 1 saturated carbocycles. The monoisotopic (exact) mass is 250 g/mol. The van der Waals surface area contributed by atoms with E-state index in [9.17, 15) is 15.2 Å². The number of anilines is 1. The number of nitro groups is 1. The molecule has 1 fully saturated rings. The Morgan fingerprint density at radius 2 is 2.17 bits per heavy atom. The zero-order chi connectivity index (χ0) is 13.0. The van der Waals surface area contributed by atoms with Gasteiger partial charge in [-0.15, -0.1) is 0 Å². The van der Waals surface area contributed by atoms with Crippen LogP contribution in [-0.4, -0.2) is 22.7 Å². The standard InChI is InChI=1S/C13H18N2O3/c16-13-7-2-1-4-10(13)9-14-11-5-3-6-12(8-11)15(17)18/h3,5-6,8,10,13-14,16H,1-2,4,7,9H2. The molecule has 0 radical (unpaired) electrons. The van der Waals surface area contributed by atoms with Gasteiger partial charge in [-0.1, -0.05) is 18.9 Å². The number of hydrogen-bond donors (Lipinski definition) is 2. The average molecular weight is 250 g/mol. The normalized spacial score (nSPS) is 23.6. The summed E-state index contributed by atoms with van der Waals surface area (Å²) >= 11 is 0. The second-order valence-corrected chi connectivity index (χ2v) is 4.80. The lowest BCUT2D eigenvalue weighted by molar-refractivity contribution is -0.384. The molecule has 0 saturated heterocycles. The van der Waals surface area contributed by atoms with Crippen molar-refractivity contribution in [3.8, 4) is 0 Å². The van der Waals surface area contributed by atoms with Crippen LogP contribution in [0.15, 0.2) is 24.3 Å². The number of rotatable bonds is 4. The van der Waals surface area contributed by atoms with E-state index in [4.69, 9.17) is 0 Å². The number of aliphatic hydroxyl groups excluding tert-OH is 1. The largest absolute Gasteiger partial charge is 0.393 e. The highest BCUT2D eigenvalue weighted by atomic mass is 16.6. The molecule has 2 atom stereocenters. The van der Waals surface area contributed by atoms with Crippen molar-refractivity contribution in [2.75, 3.05) is 11.9 Å². The molecule has 1 aromatic carbocycles. The summed E-state index contributed by atoms with van der Waals surface area (Å²) in [6.45, 7) is 0.669. The van der Waals surface area contributed by atoms with Gasteiger partial charge in [0, 0.05) is 30.3 Å². The van der Waals surface area contributed by atoms with Crippen LogP contribution in [-0.2, 0) is 0 Å². The lowest BCUT2D eigenvalue weighted by atomic mass is 9.86. The van der Waals surface area contributed by atoms with Crippen LogP contribution in [0.4, 0.5) is 11.4 Å². The minimum Gasteiger partial charge on any atom is -0.393 e. The van der Waals surface area contributed by atoms with Crippen LogP contribution < -0.4 is 5.32 Å². The summed E-state index contributed by atoms with van der Waals surface area (Å²) < 4.78 is 0. The van der Waals surface area contributed by atoms with E-state index < -0.39 is 4.92 Å². The fraction of sp³-hybridized carbons (Fsp3) is 0.538. The predicted molar refractivity (Wildman–Crippen MR) is 69.6 cm³/mol. The fourth-order valence-corrected chi connectivity index (χ4v) is 2.40. The second-order valence-electron chi connectivity index (χ2n) is 4.80. The Morgan fingerprint density at radius 1 is 1.39 bits per heavy atom. The zero-order valence-corrected chi connectivity index (χ0v) is 10.2. The van der Waals surface area contributed by atoms with E-state index in [0.29, 0.717) is 6.54 Å². The first-order chi connectivity index (χ1) is 8.66. The van der Waals surface area contributed by atoms with Gasteiger partial charge in [-0.05, 0) is 18.9 Å². The lowest BCUT2D eigenvalue weighted by Crippen LogP contribution is -2.30. The van der Waals surface area contributed by atoms with Gasteiger partial charge < -0.3 is 10.4 Å². The van der Waals surface area contributed by atoms with E-state index in [1.807, 2.05) is 6.07 Å². The number of nitrogens with zero attached hydrogens (tertiary/aromatic N) is 1. The SMILES string of the molecule is O=[N+]([O-])c1cccc(NCC2CCCCC2O)c1. The molecule has 0 heterocycles. The summed E-state index contributed by atoms with van der Waals surface area (Å²) in [5.41, 5.74) is 0.825. The molecule has 0 aromatic heterocycles. The van der Waals surface area contributed by atoms with Crippen LogP contribution in [0.5, 0.6) is 0 Å². The quantitative estimate of drug-likeness (QED) is 0.636. The van der Waals surface area contributed by atoms with Crippen LogP contribution in [0.25, 0.3) is 0 Å². The second kappa shape index (κ2) is 5.82. The minimum absolute atomic E-state index is 0.0872. The highest BCUT2D eigenvalue weighted by molar-refractivity contribution is 5.50. The van der Waals surface area contributed by atoms with Crippen LogP contribution in [0.3, 0.4) is 0 Å². The van der Waals surface area contributed by atoms with Crippen molar-refractivity contribution in [3.63, 3.8) is 0 Å². The van der Waals surface area contributed by atoms with E-state index >= 15 is 0 Å². The number of nitrogens with one attached hydrogen (secondary N) is 1. The topological polar surface area (TPSA) is 75.4 Å². The predicted octanol–water partition coefficient (Wildman–Crippen LogP) is 2.56. The van der Waals surface area contributed by atoms with Gasteiger partial charge in [-0.25, -0.2) is 0 Å². The van der Waals surface area contributed by atoms with E-state index in [1.54, 1.807) is 6.07 Å². The molecule has 0 aliphatic heterocycles. The third-order valence-electron chi connectivity index (χ3n) is 3.49. The summed E-state index contributed by atoms with van der Waals surface area (Å²) in [6.07, 6.45) is 3.88. The number of aliphatic hydroxyl groups is 1. The molecule has 2 rings (SSSR count). The van der Waals surface area contributed by atoms with E-state index in [2.05, 4.69) is 5.32 Å². The van der Waals surface area contributed by atoms with Crippen molar-refractivity contribution < 1.29 is 10.0 Å². The Morgan fingerprint density at radius 3 is 2.89 bits per heavy atom. The molecule has 0 bridgehead atoms. The molecule has 2 N–H and O–H groups in total. The molecular weight excluding hydrogens is 232 g/mol. The van der Waals surface area contributed by atoms with E-state index in [1.165, 1.54) is 12.1 Å².